The van der Waals surface area contributed by atoms with Crippen molar-refractivity contribution < 1.29 is 9.90 Å². The largest absolute Gasteiger partial charge is 0.508 e. The SMILES string of the molecule is C[C@@H]1C[C@H](CNC(=O)c2cccc(O)c2)CN1Cc1ccccc1. The van der Waals surface area contributed by atoms with E-state index in [1.54, 1.807) is 18.2 Å². The molecule has 0 unspecified atom stereocenters. The number of nitrogens with zero attached hydrogens (tertiary/aromatic N) is 1. The summed E-state index contributed by atoms with van der Waals surface area (Å²) in [6.07, 6.45) is 1.09. The highest BCUT2D eigenvalue weighted by Gasteiger charge is 2.29. The van der Waals surface area contributed by atoms with Crippen molar-refractivity contribution in [3.63, 3.8) is 0 Å². The quantitative estimate of drug-likeness (QED) is 0.889. The number of hydrogen-bond acceptors (Lipinski definition) is 3. The van der Waals surface area contributed by atoms with Crippen LogP contribution in [0.5, 0.6) is 5.75 Å². The number of nitrogens with one attached hydrogen (secondary N) is 1. The Bertz CT molecular complexity index is 687. The van der Waals surface area contributed by atoms with Crippen LogP contribution in [-0.2, 0) is 6.54 Å². The van der Waals surface area contributed by atoms with Crippen LogP contribution in [0, 0.1) is 5.92 Å². The molecule has 0 bridgehead atoms. The first kappa shape index (κ1) is 16.5. The molecule has 1 fully saturated rings. The predicted octanol–water partition coefficient (Wildman–Crippen LogP) is 3.03. The number of rotatable bonds is 5. The van der Waals surface area contributed by atoms with E-state index in [-0.39, 0.29) is 11.7 Å². The van der Waals surface area contributed by atoms with Crippen molar-refractivity contribution in [2.75, 3.05) is 13.1 Å². The monoisotopic (exact) mass is 324 g/mol. The highest BCUT2D eigenvalue weighted by molar-refractivity contribution is 5.94. The maximum Gasteiger partial charge on any atom is 0.251 e. The van der Waals surface area contributed by atoms with Crippen LogP contribution in [-0.4, -0.2) is 35.0 Å². The minimum Gasteiger partial charge on any atom is -0.508 e. The van der Waals surface area contributed by atoms with Gasteiger partial charge in [0.1, 0.15) is 5.75 Å². The van der Waals surface area contributed by atoms with E-state index in [9.17, 15) is 9.90 Å². The highest BCUT2D eigenvalue weighted by atomic mass is 16.3. The van der Waals surface area contributed by atoms with Gasteiger partial charge >= 0.3 is 0 Å². The fraction of sp³-hybridized carbons (Fsp3) is 0.350. The Morgan fingerprint density at radius 2 is 2.00 bits per heavy atom. The minimum atomic E-state index is -0.125. The van der Waals surface area contributed by atoms with Gasteiger partial charge in [0.2, 0.25) is 0 Å². The van der Waals surface area contributed by atoms with Gasteiger partial charge in [-0.05, 0) is 43.0 Å². The van der Waals surface area contributed by atoms with Crippen molar-refractivity contribution in [3.8, 4) is 5.75 Å². The van der Waals surface area contributed by atoms with Crippen LogP contribution in [0.4, 0.5) is 0 Å². The van der Waals surface area contributed by atoms with Crippen LogP contribution in [0.15, 0.2) is 54.6 Å². The van der Waals surface area contributed by atoms with Gasteiger partial charge < -0.3 is 10.4 Å². The van der Waals surface area contributed by atoms with E-state index in [0.717, 1.165) is 19.5 Å². The zero-order chi connectivity index (χ0) is 16.9. The van der Waals surface area contributed by atoms with Gasteiger partial charge in [-0.25, -0.2) is 0 Å². The summed E-state index contributed by atoms with van der Waals surface area (Å²) in [7, 11) is 0. The summed E-state index contributed by atoms with van der Waals surface area (Å²) < 4.78 is 0. The predicted molar refractivity (Wildman–Crippen MR) is 94.9 cm³/mol. The summed E-state index contributed by atoms with van der Waals surface area (Å²) >= 11 is 0. The number of carbonyl (C=O) groups excluding carboxylic acids is 1. The minimum absolute atomic E-state index is 0.117. The van der Waals surface area contributed by atoms with Crippen molar-refractivity contribution >= 4 is 5.91 Å². The smallest absolute Gasteiger partial charge is 0.251 e. The van der Waals surface area contributed by atoms with Crippen LogP contribution >= 0.6 is 0 Å². The molecule has 24 heavy (non-hydrogen) atoms. The topological polar surface area (TPSA) is 52.6 Å². The number of amides is 1. The molecule has 2 N–H and O–H groups in total. The molecule has 2 atom stereocenters. The summed E-state index contributed by atoms with van der Waals surface area (Å²) in [5, 5.41) is 12.5. The zero-order valence-corrected chi connectivity index (χ0v) is 14.0. The fourth-order valence-electron chi connectivity index (χ4n) is 3.39. The normalized spacial score (nSPS) is 20.9. The third kappa shape index (κ3) is 4.15. The molecule has 3 rings (SSSR count). The number of hydrogen-bond donors (Lipinski definition) is 2. The van der Waals surface area contributed by atoms with Crippen molar-refractivity contribution in [3.05, 3.63) is 65.7 Å². The Morgan fingerprint density at radius 1 is 1.21 bits per heavy atom. The van der Waals surface area contributed by atoms with E-state index >= 15 is 0 Å². The second kappa shape index (κ2) is 7.49. The Morgan fingerprint density at radius 3 is 2.75 bits per heavy atom. The van der Waals surface area contributed by atoms with Crippen LogP contribution in [0.1, 0.15) is 29.3 Å². The summed E-state index contributed by atoms with van der Waals surface area (Å²) in [5.41, 5.74) is 1.83. The average molecular weight is 324 g/mol. The van der Waals surface area contributed by atoms with Crippen molar-refractivity contribution in [2.24, 2.45) is 5.92 Å². The fourth-order valence-corrected chi connectivity index (χ4v) is 3.39. The third-order valence-electron chi connectivity index (χ3n) is 4.68. The molecule has 4 heteroatoms. The standard InChI is InChI=1S/C20H24N2O2/c1-15-10-17(14-22(15)13-16-6-3-2-4-7-16)12-21-20(24)18-8-5-9-19(23)11-18/h2-9,11,15,17,23H,10,12-14H2,1H3,(H,21,24)/t15-,17-/m1/s1. The van der Waals surface area contributed by atoms with E-state index in [0.29, 0.717) is 24.1 Å². The number of phenolic OH excluding ortho intramolecular Hbond substituents is 1. The van der Waals surface area contributed by atoms with E-state index in [4.69, 9.17) is 0 Å². The van der Waals surface area contributed by atoms with Crippen molar-refractivity contribution in [2.45, 2.75) is 25.9 Å². The number of carbonyl (C=O) groups is 1. The van der Waals surface area contributed by atoms with Crippen molar-refractivity contribution in [1.29, 1.82) is 0 Å². The summed E-state index contributed by atoms with van der Waals surface area (Å²) in [6.45, 7) is 4.87. The molecule has 1 aliphatic heterocycles. The molecule has 0 aliphatic carbocycles. The van der Waals surface area contributed by atoms with Crippen molar-refractivity contribution in [1.82, 2.24) is 10.2 Å². The van der Waals surface area contributed by atoms with E-state index in [2.05, 4.69) is 41.4 Å². The lowest BCUT2D eigenvalue weighted by atomic mass is 10.1. The molecule has 126 valence electrons. The number of likely N-dealkylation sites (tertiary alicyclic amines) is 1. The summed E-state index contributed by atoms with van der Waals surface area (Å²) in [4.78, 5) is 14.6. The molecule has 1 aliphatic rings. The Kier molecular flexibility index (Phi) is 5.16. The summed E-state index contributed by atoms with van der Waals surface area (Å²) in [6, 6.07) is 17.5. The lowest BCUT2D eigenvalue weighted by molar-refractivity contribution is 0.0947. The van der Waals surface area contributed by atoms with Gasteiger partial charge in [0.15, 0.2) is 0 Å². The first-order chi connectivity index (χ1) is 11.6. The Balaban J connectivity index is 1.51. The lowest BCUT2D eigenvalue weighted by Gasteiger charge is -2.21. The number of benzene rings is 2. The van der Waals surface area contributed by atoms with Crippen LogP contribution < -0.4 is 5.32 Å². The van der Waals surface area contributed by atoms with Crippen LogP contribution in [0.3, 0.4) is 0 Å². The molecule has 0 aromatic heterocycles. The summed E-state index contributed by atoms with van der Waals surface area (Å²) in [5.74, 6) is 0.455. The molecule has 2 aromatic rings. The molecular formula is C20H24N2O2. The van der Waals surface area contributed by atoms with Gasteiger partial charge in [0.05, 0.1) is 0 Å². The zero-order valence-electron chi connectivity index (χ0n) is 14.0. The molecule has 1 amide bonds. The molecule has 2 aromatic carbocycles. The van der Waals surface area contributed by atoms with Gasteiger partial charge in [-0.2, -0.15) is 0 Å². The maximum absolute atomic E-state index is 12.2. The van der Waals surface area contributed by atoms with Crippen LogP contribution in [0.2, 0.25) is 0 Å². The van der Waals surface area contributed by atoms with E-state index in [1.807, 2.05) is 6.07 Å². The maximum atomic E-state index is 12.2. The molecule has 0 spiro atoms. The molecule has 1 saturated heterocycles. The van der Waals surface area contributed by atoms with Gasteiger partial charge in [-0.1, -0.05) is 36.4 Å². The molecular weight excluding hydrogens is 300 g/mol. The molecule has 4 nitrogen and oxygen atoms in total. The van der Waals surface area contributed by atoms with Crippen LogP contribution in [0.25, 0.3) is 0 Å². The van der Waals surface area contributed by atoms with Gasteiger partial charge in [0.25, 0.3) is 5.91 Å². The van der Waals surface area contributed by atoms with E-state index in [1.165, 1.54) is 11.6 Å². The number of phenols is 1. The van der Waals surface area contributed by atoms with E-state index < -0.39 is 0 Å². The third-order valence-corrected chi connectivity index (χ3v) is 4.68. The first-order valence-corrected chi connectivity index (χ1v) is 8.47. The van der Waals surface area contributed by atoms with Gasteiger partial charge in [-0.3, -0.25) is 9.69 Å². The lowest BCUT2D eigenvalue weighted by Crippen LogP contribution is -2.31. The Hall–Kier alpha value is -2.33. The first-order valence-electron chi connectivity index (χ1n) is 8.47. The molecule has 1 heterocycles. The molecule has 0 saturated carbocycles. The van der Waals surface area contributed by atoms with Gasteiger partial charge in [-0.15, -0.1) is 0 Å². The average Bonchev–Trinajstić information content (AvgIpc) is 2.93. The second-order valence-electron chi connectivity index (χ2n) is 6.63. The Labute approximate surface area is 143 Å². The van der Waals surface area contributed by atoms with Gasteiger partial charge in [0, 0.05) is 31.2 Å². The molecule has 0 radical (unpaired) electrons. The number of aromatic hydroxyl groups is 1. The second-order valence-corrected chi connectivity index (χ2v) is 6.63. The highest BCUT2D eigenvalue weighted by Crippen LogP contribution is 2.24.